The summed E-state index contributed by atoms with van der Waals surface area (Å²) in [6.45, 7) is 5.91. The number of hydrogen-bond acceptors (Lipinski definition) is 3. The van der Waals surface area contributed by atoms with E-state index < -0.39 is 11.9 Å². The summed E-state index contributed by atoms with van der Waals surface area (Å²) in [5.41, 5.74) is 0. The molecular formula is C9H15NO2. The van der Waals surface area contributed by atoms with Crippen LogP contribution in [0.4, 0.5) is 0 Å². The molecule has 3 heteroatoms. The maximum Gasteiger partial charge on any atom is 0.323 e. The number of nitriles is 1. The van der Waals surface area contributed by atoms with E-state index in [0.29, 0.717) is 6.61 Å². The number of carbonyl (C=O) groups excluding carboxylic acids is 1. The van der Waals surface area contributed by atoms with E-state index in [9.17, 15) is 4.79 Å². The van der Waals surface area contributed by atoms with Gasteiger partial charge in [0, 0.05) is 0 Å². The lowest BCUT2D eigenvalue weighted by Crippen LogP contribution is -2.22. The van der Waals surface area contributed by atoms with E-state index in [4.69, 9.17) is 10.00 Å². The van der Waals surface area contributed by atoms with Crippen molar-refractivity contribution >= 4 is 5.97 Å². The molecule has 12 heavy (non-hydrogen) atoms. The molecule has 2 unspecified atom stereocenters. The number of esters is 1. The van der Waals surface area contributed by atoms with E-state index in [1.165, 1.54) is 0 Å². The highest BCUT2D eigenvalue weighted by Gasteiger charge is 2.24. The van der Waals surface area contributed by atoms with Crippen LogP contribution in [-0.4, -0.2) is 12.6 Å². The molecule has 0 rings (SSSR count). The average Bonchev–Trinajstić information content (AvgIpc) is 2.06. The molecule has 0 amide bonds. The second-order valence-electron chi connectivity index (χ2n) is 2.74. The zero-order valence-electron chi connectivity index (χ0n) is 7.83. The molecule has 0 aromatic heterocycles. The van der Waals surface area contributed by atoms with Crippen LogP contribution in [0.5, 0.6) is 0 Å². The van der Waals surface area contributed by atoms with Gasteiger partial charge in [-0.1, -0.05) is 20.3 Å². The average molecular weight is 169 g/mol. The number of nitrogens with zero attached hydrogens (tertiary/aromatic N) is 1. The molecular weight excluding hydrogens is 154 g/mol. The molecule has 0 aliphatic carbocycles. The topological polar surface area (TPSA) is 50.1 Å². The standard InChI is InChI=1S/C9H15NO2/c1-4-7(3)8(6-10)9(11)12-5-2/h7-8H,4-5H2,1-3H3. The van der Waals surface area contributed by atoms with E-state index in [2.05, 4.69) is 0 Å². The van der Waals surface area contributed by atoms with Gasteiger partial charge in [0.05, 0.1) is 12.7 Å². The maximum atomic E-state index is 11.1. The van der Waals surface area contributed by atoms with Crippen molar-refractivity contribution in [2.24, 2.45) is 11.8 Å². The molecule has 68 valence electrons. The van der Waals surface area contributed by atoms with Gasteiger partial charge in [-0.3, -0.25) is 4.79 Å². The smallest absolute Gasteiger partial charge is 0.323 e. The monoisotopic (exact) mass is 169 g/mol. The van der Waals surface area contributed by atoms with Gasteiger partial charge in [-0.2, -0.15) is 5.26 Å². The minimum Gasteiger partial charge on any atom is -0.465 e. The van der Waals surface area contributed by atoms with E-state index in [-0.39, 0.29) is 5.92 Å². The first kappa shape index (κ1) is 11.0. The van der Waals surface area contributed by atoms with Crippen molar-refractivity contribution in [1.82, 2.24) is 0 Å². The molecule has 0 N–H and O–H groups in total. The van der Waals surface area contributed by atoms with Crippen LogP contribution in [0.1, 0.15) is 27.2 Å². The Labute approximate surface area is 73.3 Å². The molecule has 2 atom stereocenters. The largest absolute Gasteiger partial charge is 0.465 e. The second kappa shape index (κ2) is 5.59. The van der Waals surface area contributed by atoms with E-state index in [0.717, 1.165) is 6.42 Å². The van der Waals surface area contributed by atoms with E-state index in [1.54, 1.807) is 6.92 Å². The van der Waals surface area contributed by atoms with Gasteiger partial charge in [0.2, 0.25) is 0 Å². The lowest BCUT2D eigenvalue weighted by Gasteiger charge is -2.13. The van der Waals surface area contributed by atoms with Crippen molar-refractivity contribution in [3.05, 3.63) is 0 Å². The first-order valence-electron chi connectivity index (χ1n) is 4.23. The Morgan fingerprint density at radius 2 is 2.17 bits per heavy atom. The highest BCUT2D eigenvalue weighted by molar-refractivity contribution is 5.75. The zero-order chi connectivity index (χ0) is 9.56. The van der Waals surface area contributed by atoms with Crippen LogP contribution in [0.25, 0.3) is 0 Å². The molecule has 3 nitrogen and oxygen atoms in total. The van der Waals surface area contributed by atoms with Crippen LogP contribution in [0.3, 0.4) is 0 Å². The third-order valence-electron chi connectivity index (χ3n) is 1.89. The summed E-state index contributed by atoms with van der Waals surface area (Å²) < 4.78 is 4.76. The van der Waals surface area contributed by atoms with Crippen molar-refractivity contribution < 1.29 is 9.53 Å². The van der Waals surface area contributed by atoms with E-state index in [1.807, 2.05) is 19.9 Å². The quantitative estimate of drug-likeness (QED) is 0.602. The lowest BCUT2D eigenvalue weighted by molar-refractivity contribution is -0.147. The molecule has 0 fully saturated rings. The highest BCUT2D eigenvalue weighted by atomic mass is 16.5. The van der Waals surface area contributed by atoms with Gasteiger partial charge in [0.1, 0.15) is 5.92 Å². The SMILES string of the molecule is CCOC(=O)C(C#N)C(C)CC. The summed E-state index contributed by atoms with van der Waals surface area (Å²) in [6.07, 6.45) is 0.817. The predicted molar refractivity (Wildman–Crippen MR) is 45.2 cm³/mol. The lowest BCUT2D eigenvalue weighted by atomic mass is 9.93. The molecule has 0 bridgehead atoms. The van der Waals surface area contributed by atoms with Gasteiger partial charge in [-0.25, -0.2) is 0 Å². The Bertz CT molecular complexity index is 183. The van der Waals surface area contributed by atoms with Crippen LogP contribution in [0, 0.1) is 23.2 Å². The van der Waals surface area contributed by atoms with Crippen molar-refractivity contribution in [2.45, 2.75) is 27.2 Å². The molecule has 0 aromatic carbocycles. The van der Waals surface area contributed by atoms with Crippen molar-refractivity contribution in [2.75, 3.05) is 6.61 Å². The summed E-state index contributed by atoms with van der Waals surface area (Å²) in [7, 11) is 0. The molecule has 0 aliphatic heterocycles. The molecule has 0 saturated carbocycles. The third-order valence-corrected chi connectivity index (χ3v) is 1.89. The Balaban J connectivity index is 4.16. The number of rotatable bonds is 4. The summed E-state index contributed by atoms with van der Waals surface area (Å²) in [5.74, 6) is -0.918. The minimum atomic E-state index is -0.602. The summed E-state index contributed by atoms with van der Waals surface area (Å²) in [6, 6.07) is 1.96. The first-order chi connectivity index (χ1) is 5.67. The fraction of sp³-hybridized carbons (Fsp3) is 0.778. The predicted octanol–water partition coefficient (Wildman–Crippen LogP) is 1.74. The van der Waals surface area contributed by atoms with Crippen molar-refractivity contribution in [3.8, 4) is 6.07 Å². The molecule has 0 aliphatic rings. The number of ether oxygens (including phenoxy) is 1. The minimum absolute atomic E-state index is 0.0778. The molecule has 0 heterocycles. The van der Waals surface area contributed by atoms with Crippen LogP contribution in [0.15, 0.2) is 0 Å². The van der Waals surface area contributed by atoms with Crippen molar-refractivity contribution in [3.63, 3.8) is 0 Å². The van der Waals surface area contributed by atoms with Crippen LogP contribution < -0.4 is 0 Å². The molecule has 0 radical (unpaired) electrons. The Kier molecular flexibility index (Phi) is 5.11. The fourth-order valence-corrected chi connectivity index (χ4v) is 0.880. The number of hydrogen-bond donors (Lipinski definition) is 0. The fourth-order valence-electron chi connectivity index (χ4n) is 0.880. The number of carbonyl (C=O) groups is 1. The third kappa shape index (κ3) is 2.91. The highest BCUT2D eigenvalue weighted by Crippen LogP contribution is 2.15. The van der Waals surface area contributed by atoms with Gasteiger partial charge < -0.3 is 4.74 Å². The normalized spacial score (nSPS) is 14.5. The summed E-state index contributed by atoms with van der Waals surface area (Å²) in [4.78, 5) is 11.1. The van der Waals surface area contributed by atoms with Gasteiger partial charge in [-0.05, 0) is 12.8 Å². The van der Waals surface area contributed by atoms with Crippen LogP contribution >= 0.6 is 0 Å². The molecule has 0 saturated heterocycles. The Hall–Kier alpha value is -1.04. The van der Waals surface area contributed by atoms with Gasteiger partial charge in [0.25, 0.3) is 0 Å². The second-order valence-corrected chi connectivity index (χ2v) is 2.74. The van der Waals surface area contributed by atoms with Gasteiger partial charge in [-0.15, -0.1) is 0 Å². The summed E-state index contributed by atoms with van der Waals surface area (Å²) >= 11 is 0. The summed E-state index contributed by atoms with van der Waals surface area (Å²) in [5, 5.41) is 8.67. The first-order valence-corrected chi connectivity index (χ1v) is 4.23. The van der Waals surface area contributed by atoms with E-state index >= 15 is 0 Å². The molecule has 0 aromatic rings. The maximum absolute atomic E-state index is 11.1. The van der Waals surface area contributed by atoms with Crippen molar-refractivity contribution in [1.29, 1.82) is 5.26 Å². The van der Waals surface area contributed by atoms with Gasteiger partial charge in [0.15, 0.2) is 0 Å². The Morgan fingerprint density at radius 1 is 1.58 bits per heavy atom. The molecule has 0 spiro atoms. The van der Waals surface area contributed by atoms with Crippen LogP contribution in [-0.2, 0) is 9.53 Å². The Morgan fingerprint density at radius 3 is 2.50 bits per heavy atom. The van der Waals surface area contributed by atoms with Crippen LogP contribution in [0.2, 0.25) is 0 Å². The van der Waals surface area contributed by atoms with Gasteiger partial charge >= 0.3 is 5.97 Å². The zero-order valence-corrected chi connectivity index (χ0v) is 7.83.